The SMILES string of the molecule is CCOc1cc(/C=C2\SC(=S)N(NC(=O)c3ccc(C)cc3Cl)C2=O)cc(Br)c1OCC(=O)OC. The number of esters is 1. The number of carbonyl (C=O) groups excluding carboxylic acids is 3. The van der Waals surface area contributed by atoms with Gasteiger partial charge in [-0.15, -0.1) is 0 Å². The molecule has 1 aliphatic rings. The van der Waals surface area contributed by atoms with Gasteiger partial charge in [-0.05, 0) is 83.5 Å². The Kier molecular flexibility index (Phi) is 9.17. The first-order valence-electron chi connectivity index (χ1n) is 10.2. The zero-order valence-electron chi connectivity index (χ0n) is 18.8. The molecule has 1 heterocycles. The highest BCUT2D eigenvalue weighted by Crippen LogP contribution is 2.39. The van der Waals surface area contributed by atoms with E-state index >= 15 is 0 Å². The molecule has 8 nitrogen and oxygen atoms in total. The van der Waals surface area contributed by atoms with Crippen molar-refractivity contribution in [2.45, 2.75) is 13.8 Å². The van der Waals surface area contributed by atoms with Crippen molar-refractivity contribution in [2.75, 3.05) is 20.3 Å². The molecule has 2 amide bonds. The van der Waals surface area contributed by atoms with E-state index in [9.17, 15) is 14.4 Å². The third-order valence-electron chi connectivity index (χ3n) is 4.57. The smallest absolute Gasteiger partial charge is 0.343 e. The normalized spacial score (nSPS) is 14.3. The van der Waals surface area contributed by atoms with Crippen LogP contribution in [0.5, 0.6) is 11.5 Å². The van der Waals surface area contributed by atoms with Gasteiger partial charge in [0.1, 0.15) is 0 Å². The topological polar surface area (TPSA) is 94.2 Å². The van der Waals surface area contributed by atoms with Crippen LogP contribution in [-0.2, 0) is 14.3 Å². The first-order chi connectivity index (χ1) is 16.6. The molecule has 1 fully saturated rings. The fourth-order valence-corrected chi connectivity index (χ4v) is 5.02. The first kappa shape index (κ1) is 27.0. The molecule has 0 atom stereocenters. The third kappa shape index (κ3) is 6.54. The van der Waals surface area contributed by atoms with Gasteiger partial charge < -0.3 is 14.2 Å². The van der Waals surface area contributed by atoms with E-state index in [1.54, 1.807) is 43.3 Å². The van der Waals surface area contributed by atoms with Gasteiger partial charge in [0.15, 0.2) is 22.4 Å². The summed E-state index contributed by atoms with van der Waals surface area (Å²) in [6.07, 6.45) is 1.61. The summed E-state index contributed by atoms with van der Waals surface area (Å²) in [6, 6.07) is 8.35. The van der Waals surface area contributed by atoms with Crippen molar-refractivity contribution in [3.63, 3.8) is 0 Å². The van der Waals surface area contributed by atoms with Gasteiger partial charge in [-0.3, -0.25) is 15.0 Å². The number of hydrogen-bond acceptors (Lipinski definition) is 8. The van der Waals surface area contributed by atoms with Gasteiger partial charge in [0.05, 0.1) is 33.7 Å². The van der Waals surface area contributed by atoms with Gasteiger partial charge in [-0.1, -0.05) is 29.4 Å². The Balaban J connectivity index is 1.82. The zero-order valence-corrected chi connectivity index (χ0v) is 22.8. The number of aryl methyl sites for hydroxylation is 1. The standard InChI is InChI=1S/C23H20BrClN2O6S2/c1-4-32-17-9-13(8-15(24)20(17)33-11-19(28)31-3)10-18-22(30)27(23(34)35-18)26-21(29)14-6-5-12(2)7-16(14)25/h5-10H,4,11H2,1-3H3,(H,26,29)/b18-10-. The number of amides is 2. The maximum Gasteiger partial charge on any atom is 0.343 e. The zero-order chi connectivity index (χ0) is 25.7. The number of methoxy groups -OCH3 is 1. The molecule has 0 unspecified atom stereocenters. The largest absolute Gasteiger partial charge is 0.490 e. The monoisotopic (exact) mass is 598 g/mol. The summed E-state index contributed by atoms with van der Waals surface area (Å²) in [5.74, 6) is -0.891. The van der Waals surface area contributed by atoms with Crippen molar-refractivity contribution in [1.29, 1.82) is 0 Å². The van der Waals surface area contributed by atoms with Crippen molar-refractivity contribution in [3.8, 4) is 11.5 Å². The fraction of sp³-hybridized carbons (Fsp3) is 0.217. The lowest BCUT2D eigenvalue weighted by Gasteiger charge is -2.16. The van der Waals surface area contributed by atoms with Crippen LogP contribution in [0.3, 0.4) is 0 Å². The van der Waals surface area contributed by atoms with Gasteiger partial charge in [0, 0.05) is 0 Å². The van der Waals surface area contributed by atoms with Crippen molar-refractivity contribution >= 4 is 79.7 Å². The molecular weight excluding hydrogens is 580 g/mol. The minimum Gasteiger partial charge on any atom is -0.490 e. The van der Waals surface area contributed by atoms with E-state index in [0.29, 0.717) is 33.0 Å². The lowest BCUT2D eigenvalue weighted by molar-refractivity contribution is -0.143. The van der Waals surface area contributed by atoms with Gasteiger partial charge in [-0.2, -0.15) is 5.01 Å². The number of benzene rings is 2. The molecule has 2 aromatic rings. The van der Waals surface area contributed by atoms with Gasteiger partial charge in [-0.25, -0.2) is 4.79 Å². The van der Waals surface area contributed by atoms with E-state index in [2.05, 4.69) is 26.1 Å². The highest BCUT2D eigenvalue weighted by Gasteiger charge is 2.34. The summed E-state index contributed by atoms with van der Waals surface area (Å²) in [6.45, 7) is 3.71. The van der Waals surface area contributed by atoms with E-state index in [0.717, 1.165) is 22.3 Å². The molecule has 0 radical (unpaired) electrons. The van der Waals surface area contributed by atoms with Gasteiger partial charge in [0.25, 0.3) is 11.8 Å². The number of carbonyl (C=O) groups is 3. The Morgan fingerprint density at radius 2 is 2.00 bits per heavy atom. The molecule has 0 bridgehead atoms. The molecule has 0 aliphatic carbocycles. The molecule has 1 N–H and O–H groups in total. The number of nitrogens with zero attached hydrogens (tertiary/aromatic N) is 1. The molecule has 0 spiro atoms. The quantitative estimate of drug-likeness (QED) is 0.260. The number of halogens is 2. The molecule has 1 aliphatic heterocycles. The summed E-state index contributed by atoms with van der Waals surface area (Å²) in [5, 5.41) is 1.28. The van der Waals surface area contributed by atoms with Crippen LogP contribution in [-0.4, -0.2) is 47.4 Å². The van der Waals surface area contributed by atoms with Crippen LogP contribution in [0.2, 0.25) is 5.02 Å². The molecule has 35 heavy (non-hydrogen) atoms. The van der Waals surface area contributed by atoms with Gasteiger partial charge >= 0.3 is 5.97 Å². The van der Waals surface area contributed by atoms with Crippen LogP contribution in [0.15, 0.2) is 39.7 Å². The number of nitrogens with one attached hydrogen (secondary N) is 1. The van der Waals surface area contributed by atoms with Crippen LogP contribution in [0.1, 0.15) is 28.4 Å². The number of thiocarbonyl (C=S) groups is 1. The van der Waals surface area contributed by atoms with Gasteiger partial charge in [0.2, 0.25) is 0 Å². The molecule has 0 saturated carbocycles. The average Bonchev–Trinajstić information content (AvgIpc) is 3.05. The summed E-state index contributed by atoms with van der Waals surface area (Å²) < 4.78 is 16.5. The number of rotatable bonds is 8. The predicted molar refractivity (Wildman–Crippen MR) is 141 cm³/mol. The molecule has 2 aromatic carbocycles. The molecule has 1 saturated heterocycles. The molecular formula is C23H20BrClN2O6S2. The van der Waals surface area contributed by atoms with Crippen LogP contribution in [0, 0.1) is 6.92 Å². The van der Waals surface area contributed by atoms with E-state index in [4.69, 9.17) is 33.3 Å². The van der Waals surface area contributed by atoms with E-state index in [1.165, 1.54) is 7.11 Å². The van der Waals surface area contributed by atoms with Crippen LogP contribution in [0.4, 0.5) is 0 Å². The van der Waals surface area contributed by atoms with Crippen molar-refractivity contribution < 1.29 is 28.6 Å². The number of ether oxygens (including phenoxy) is 3. The lowest BCUT2D eigenvalue weighted by Crippen LogP contribution is -2.44. The van der Waals surface area contributed by atoms with Crippen molar-refractivity contribution in [3.05, 3.63) is 61.4 Å². The minimum atomic E-state index is -0.555. The summed E-state index contributed by atoms with van der Waals surface area (Å²) in [5.41, 5.74) is 4.25. The Morgan fingerprint density at radius 1 is 1.26 bits per heavy atom. The van der Waals surface area contributed by atoms with E-state index in [-0.39, 0.29) is 21.5 Å². The maximum absolute atomic E-state index is 13.0. The van der Waals surface area contributed by atoms with Crippen LogP contribution >= 0.6 is 51.5 Å². The Hall–Kier alpha value is -2.60. The van der Waals surface area contributed by atoms with E-state index < -0.39 is 17.8 Å². The summed E-state index contributed by atoms with van der Waals surface area (Å²) >= 11 is 15.9. The third-order valence-corrected chi connectivity index (χ3v) is 6.77. The predicted octanol–water partition coefficient (Wildman–Crippen LogP) is 4.91. The number of hydrogen-bond donors (Lipinski definition) is 1. The maximum atomic E-state index is 13.0. The van der Waals surface area contributed by atoms with Crippen molar-refractivity contribution in [2.24, 2.45) is 0 Å². The second kappa shape index (κ2) is 11.9. The van der Waals surface area contributed by atoms with E-state index in [1.807, 2.05) is 6.92 Å². The number of hydrazine groups is 1. The van der Waals surface area contributed by atoms with Crippen LogP contribution < -0.4 is 14.9 Å². The Labute approximate surface area is 225 Å². The fourth-order valence-electron chi connectivity index (χ4n) is 2.95. The summed E-state index contributed by atoms with van der Waals surface area (Å²) in [4.78, 5) is 37.4. The highest BCUT2D eigenvalue weighted by molar-refractivity contribution is 9.10. The Morgan fingerprint density at radius 3 is 2.66 bits per heavy atom. The number of thioether (sulfide) groups is 1. The lowest BCUT2D eigenvalue weighted by atomic mass is 10.1. The molecule has 184 valence electrons. The molecule has 12 heteroatoms. The van der Waals surface area contributed by atoms with Crippen LogP contribution in [0.25, 0.3) is 6.08 Å². The minimum absolute atomic E-state index is 0.167. The Bertz CT molecular complexity index is 1240. The second-order valence-corrected chi connectivity index (χ2v) is 10.0. The highest BCUT2D eigenvalue weighted by atomic mass is 79.9. The summed E-state index contributed by atoms with van der Waals surface area (Å²) in [7, 11) is 1.27. The molecule has 0 aromatic heterocycles. The second-order valence-electron chi connectivity index (χ2n) is 7.07. The average molecular weight is 600 g/mol. The first-order valence-corrected chi connectivity index (χ1v) is 12.5. The van der Waals surface area contributed by atoms with Crippen molar-refractivity contribution in [1.82, 2.24) is 10.4 Å². The molecule has 3 rings (SSSR count).